The third kappa shape index (κ3) is 4.31. The summed E-state index contributed by atoms with van der Waals surface area (Å²) >= 11 is 0. The van der Waals surface area contributed by atoms with Crippen molar-refractivity contribution in [2.75, 3.05) is 13.1 Å². The van der Waals surface area contributed by atoms with Crippen LogP contribution in [0.15, 0.2) is 42.5 Å². The van der Waals surface area contributed by atoms with Crippen molar-refractivity contribution in [2.45, 2.75) is 51.8 Å². The molecule has 0 aromatic heterocycles. The second-order valence-electron chi connectivity index (χ2n) is 7.87. The van der Waals surface area contributed by atoms with Crippen molar-refractivity contribution in [2.24, 2.45) is 0 Å². The van der Waals surface area contributed by atoms with Gasteiger partial charge in [0, 0.05) is 25.2 Å². The SMILES string of the molecule is C[C@@H](N[C@H]1CCN(C(=O)OC(C)(C)C)C1)c1cccc2ccccc12. The van der Waals surface area contributed by atoms with Gasteiger partial charge in [-0.2, -0.15) is 0 Å². The average molecular weight is 340 g/mol. The van der Waals surface area contributed by atoms with Crippen LogP contribution in [0.1, 0.15) is 45.7 Å². The first-order valence-corrected chi connectivity index (χ1v) is 9.05. The van der Waals surface area contributed by atoms with Crippen LogP contribution in [-0.2, 0) is 4.74 Å². The van der Waals surface area contributed by atoms with Crippen LogP contribution in [0, 0.1) is 0 Å². The van der Waals surface area contributed by atoms with Crippen LogP contribution in [0.3, 0.4) is 0 Å². The van der Waals surface area contributed by atoms with E-state index in [4.69, 9.17) is 4.74 Å². The van der Waals surface area contributed by atoms with E-state index in [1.54, 1.807) is 4.90 Å². The third-order valence-electron chi connectivity index (χ3n) is 4.62. The van der Waals surface area contributed by atoms with Gasteiger partial charge < -0.3 is 15.0 Å². The van der Waals surface area contributed by atoms with Crippen LogP contribution in [-0.4, -0.2) is 35.7 Å². The number of nitrogens with zero attached hydrogens (tertiary/aromatic N) is 1. The Morgan fingerprint density at radius 3 is 2.68 bits per heavy atom. The highest BCUT2D eigenvalue weighted by Gasteiger charge is 2.30. The number of carbonyl (C=O) groups is 1. The summed E-state index contributed by atoms with van der Waals surface area (Å²) in [7, 11) is 0. The van der Waals surface area contributed by atoms with E-state index in [2.05, 4.69) is 54.7 Å². The Morgan fingerprint density at radius 2 is 1.92 bits per heavy atom. The van der Waals surface area contributed by atoms with Crippen molar-refractivity contribution in [1.82, 2.24) is 10.2 Å². The highest BCUT2D eigenvalue weighted by atomic mass is 16.6. The highest BCUT2D eigenvalue weighted by Crippen LogP contribution is 2.25. The molecule has 1 fully saturated rings. The monoisotopic (exact) mass is 340 g/mol. The Balaban J connectivity index is 1.64. The van der Waals surface area contributed by atoms with Crippen LogP contribution >= 0.6 is 0 Å². The largest absolute Gasteiger partial charge is 0.444 e. The van der Waals surface area contributed by atoms with Gasteiger partial charge in [-0.3, -0.25) is 0 Å². The molecule has 2 atom stereocenters. The number of likely N-dealkylation sites (tertiary alicyclic amines) is 1. The highest BCUT2D eigenvalue weighted by molar-refractivity contribution is 5.86. The molecule has 25 heavy (non-hydrogen) atoms. The van der Waals surface area contributed by atoms with Gasteiger partial charge in [-0.15, -0.1) is 0 Å². The maximum absolute atomic E-state index is 12.2. The van der Waals surface area contributed by atoms with Crippen molar-refractivity contribution in [3.63, 3.8) is 0 Å². The minimum Gasteiger partial charge on any atom is -0.444 e. The maximum Gasteiger partial charge on any atom is 0.410 e. The van der Waals surface area contributed by atoms with Gasteiger partial charge in [0.15, 0.2) is 0 Å². The predicted molar refractivity (Wildman–Crippen MR) is 102 cm³/mol. The van der Waals surface area contributed by atoms with Crippen LogP contribution in [0.2, 0.25) is 0 Å². The zero-order chi connectivity index (χ0) is 18.0. The first-order valence-electron chi connectivity index (χ1n) is 9.05. The van der Waals surface area contributed by atoms with Crippen molar-refractivity contribution < 1.29 is 9.53 Å². The molecule has 0 bridgehead atoms. The number of fused-ring (bicyclic) bond motifs is 1. The Labute approximate surface area is 150 Å². The molecule has 1 aliphatic heterocycles. The van der Waals surface area contributed by atoms with Crippen molar-refractivity contribution in [1.29, 1.82) is 0 Å². The van der Waals surface area contributed by atoms with E-state index in [-0.39, 0.29) is 12.1 Å². The number of hydrogen-bond acceptors (Lipinski definition) is 3. The normalized spacial score (nSPS) is 19.2. The van der Waals surface area contributed by atoms with E-state index < -0.39 is 5.60 Å². The van der Waals surface area contributed by atoms with E-state index in [1.807, 2.05) is 20.8 Å². The molecule has 0 radical (unpaired) electrons. The number of ether oxygens (including phenoxy) is 1. The fourth-order valence-corrected chi connectivity index (χ4v) is 3.46. The summed E-state index contributed by atoms with van der Waals surface area (Å²) in [6.45, 7) is 9.34. The minimum absolute atomic E-state index is 0.213. The second kappa shape index (κ2) is 7.04. The summed E-state index contributed by atoms with van der Waals surface area (Å²) in [4.78, 5) is 14.0. The van der Waals surface area contributed by atoms with Crippen molar-refractivity contribution in [3.05, 3.63) is 48.0 Å². The standard InChI is InChI=1S/C21H28N2O2/c1-15(18-11-7-9-16-8-5-6-10-19(16)18)22-17-12-13-23(14-17)20(24)25-21(2,3)4/h5-11,15,17,22H,12-14H2,1-4H3/t15-,17+/m1/s1. The van der Waals surface area contributed by atoms with Gasteiger partial charge in [-0.05, 0) is 50.5 Å². The van der Waals surface area contributed by atoms with Crippen LogP contribution < -0.4 is 5.32 Å². The molecule has 1 aliphatic rings. The van der Waals surface area contributed by atoms with Gasteiger partial charge in [0.2, 0.25) is 0 Å². The predicted octanol–water partition coefficient (Wildman–Crippen LogP) is 4.50. The Kier molecular flexibility index (Phi) is 5.00. The number of carbonyl (C=O) groups excluding carboxylic acids is 1. The molecule has 0 saturated carbocycles. The van der Waals surface area contributed by atoms with Crippen molar-refractivity contribution in [3.8, 4) is 0 Å². The molecular weight excluding hydrogens is 312 g/mol. The van der Waals surface area contributed by atoms with Gasteiger partial charge in [0.25, 0.3) is 0 Å². The number of hydrogen-bond donors (Lipinski definition) is 1. The van der Waals surface area contributed by atoms with Crippen LogP contribution in [0.4, 0.5) is 4.79 Å². The van der Waals surface area contributed by atoms with Crippen LogP contribution in [0.5, 0.6) is 0 Å². The van der Waals surface area contributed by atoms with Gasteiger partial charge in [0.05, 0.1) is 0 Å². The smallest absolute Gasteiger partial charge is 0.410 e. The molecule has 4 heteroatoms. The molecule has 1 heterocycles. The lowest BCUT2D eigenvalue weighted by atomic mass is 9.99. The molecule has 2 aromatic carbocycles. The summed E-state index contributed by atoms with van der Waals surface area (Å²) in [6.07, 6.45) is 0.739. The summed E-state index contributed by atoms with van der Waals surface area (Å²) in [5.74, 6) is 0. The molecular formula is C21H28N2O2. The molecule has 1 saturated heterocycles. The van der Waals surface area contributed by atoms with E-state index >= 15 is 0 Å². The molecule has 1 amide bonds. The Hall–Kier alpha value is -2.07. The molecule has 0 unspecified atom stereocenters. The number of rotatable bonds is 3. The number of amides is 1. The maximum atomic E-state index is 12.2. The quantitative estimate of drug-likeness (QED) is 0.894. The minimum atomic E-state index is -0.446. The Morgan fingerprint density at radius 1 is 1.20 bits per heavy atom. The van der Waals surface area contributed by atoms with Crippen LogP contribution in [0.25, 0.3) is 10.8 Å². The topological polar surface area (TPSA) is 41.6 Å². The first-order chi connectivity index (χ1) is 11.8. The summed E-state index contributed by atoms with van der Waals surface area (Å²) in [5, 5.41) is 6.23. The fraction of sp³-hybridized carbons (Fsp3) is 0.476. The molecule has 1 N–H and O–H groups in total. The lowest BCUT2D eigenvalue weighted by Crippen LogP contribution is -2.39. The van der Waals surface area contributed by atoms with E-state index in [0.717, 1.165) is 13.0 Å². The van der Waals surface area contributed by atoms with E-state index in [9.17, 15) is 4.79 Å². The second-order valence-corrected chi connectivity index (χ2v) is 7.87. The number of nitrogens with one attached hydrogen (secondary N) is 1. The third-order valence-corrected chi connectivity index (χ3v) is 4.62. The van der Waals surface area contributed by atoms with Gasteiger partial charge in [0.1, 0.15) is 5.60 Å². The lowest BCUT2D eigenvalue weighted by molar-refractivity contribution is 0.0290. The Bertz CT molecular complexity index is 746. The van der Waals surface area contributed by atoms with Gasteiger partial charge in [-0.1, -0.05) is 42.5 Å². The molecule has 0 aliphatic carbocycles. The zero-order valence-corrected chi connectivity index (χ0v) is 15.6. The van der Waals surface area contributed by atoms with E-state index in [0.29, 0.717) is 12.6 Å². The molecule has 134 valence electrons. The van der Waals surface area contributed by atoms with Crippen molar-refractivity contribution >= 4 is 16.9 Å². The zero-order valence-electron chi connectivity index (χ0n) is 15.6. The fourth-order valence-electron chi connectivity index (χ4n) is 3.46. The molecule has 3 rings (SSSR count). The first kappa shape index (κ1) is 17.7. The summed E-state index contributed by atoms with van der Waals surface area (Å²) < 4.78 is 5.48. The summed E-state index contributed by atoms with van der Waals surface area (Å²) in [5.41, 5.74) is 0.854. The molecule has 2 aromatic rings. The number of benzene rings is 2. The van der Waals surface area contributed by atoms with E-state index in [1.165, 1.54) is 16.3 Å². The van der Waals surface area contributed by atoms with Gasteiger partial charge in [-0.25, -0.2) is 4.79 Å². The molecule has 0 spiro atoms. The molecule has 4 nitrogen and oxygen atoms in total. The average Bonchev–Trinajstić information content (AvgIpc) is 3.01. The summed E-state index contributed by atoms with van der Waals surface area (Å²) in [6, 6.07) is 15.4. The lowest BCUT2D eigenvalue weighted by Gasteiger charge is -2.25. The van der Waals surface area contributed by atoms with Gasteiger partial charge >= 0.3 is 6.09 Å².